The largest absolute Gasteiger partial charge is 0.176 e. The monoisotopic (exact) mass is 174 g/mol. The maximum atomic E-state index is 4.34. The van der Waals surface area contributed by atoms with Gasteiger partial charge in [-0.3, -0.25) is 0 Å². The number of unbranched alkanes of at least 4 members (excludes halogenated alkanes) is 2. The summed E-state index contributed by atoms with van der Waals surface area (Å²) in [4.78, 5) is 0. The fourth-order valence-electron chi connectivity index (χ4n) is 1.17. The summed E-state index contributed by atoms with van der Waals surface area (Å²) >= 11 is 4.34. The molecule has 0 radical (unpaired) electrons. The first kappa shape index (κ1) is 11.4. The zero-order valence-corrected chi connectivity index (χ0v) is 9.03. The quantitative estimate of drug-likeness (QED) is 0.458. The molecular weight excluding hydrogens is 152 g/mol. The topological polar surface area (TPSA) is 0 Å². The summed E-state index contributed by atoms with van der Waals surface area (Å²) in [6.45, 7) is 6.76. The van der Waals surface area contributed by atoms with Crippen LogP contribution in [0.15, 0.2) is 0 Å². The van der Waals surface area contributed by atoms with E-state index in [0.29, 0.717) is 5.25 Å². The molecule has 1 unspecified atom stereocenters. The SMILES string of the molecule is CC(C)CCCCCC(C)S. The molecule has 0 spiro atoms. The van der Waals surface area contributed by atoms with Crippen LogP contribution in [0, 0.1) is 5.92 Å². The van der Waals surface area contributed by atoms with E-state index in [-0.39, 0.29) is 0 Å². The highest BCUT2D eigenvalue weighted by Gasteiger charge is 1.96. The molecule has 68 valence electrons. The molecule has 1 heteroatoms. The average molecular weight is 174 g/mol. The molecule has 0 aliphatic heterocycles. The molecule has 1 atom stereocenters. The van der Waals surface area contributed by atoms with Gasteiger partial charge in [0.2, 0.25) is 0 Å². The van der Waals surface area contributed by atoms with Crippen molar-refractivity contribution in [1.82, 2.24) is 0 Å². The lowest BCUT2D eigenvalue weighted by atomic mass is 10.0. The maximum absolute atomic E-state index is 4.34. The van der Waals surface area contributed by atoms with E-state index in [0.717, 1.165) is 5.92 Å². The molecule has 0 bridgehead atoms. The van der Waals surface area contributed by atoms with Gasteiger partial charge in [0, 0.05) is 0 Å². The van der Waals surface area contributed by atoms with Crippen LogP contribution in [0.2, 0.25) is 0 Å². The van der Waals surface area contributed by atoms with Gasteiger partial charge in [-0.1, -0.05) is 46.5 Å². The Labute approximate surface area is 77.2 Å². The third-order valence-electron chi connectivity index (χ3n) is 1.90. The molecule has 0 saturated heterocycles. The summed E-state index contributed by atoms with van der Waals surface area (Å²) in [6, 6.07) is 0. The lowest BCUT2D eigenvalue weighted by molar-refractivity contribution is 0.520. The van der Waals surface area contributed by atoms with Crippen molar-refractivity contribution in [2.75, 3.05) is 0 Å². The number of thiol groups is 1. The normalized spacial score (nSPS) is 13.9. The van der Waals surface area contributed by atoms with Crippen molar-refractivity contribution >= 4 is 12.6 Å². The van der Waals surface area contributed by atoms with Crippen molar-refractivity contribution < 1.29 is 0 Å². The second kappa shape index (κ2) is 7.02. The van der Waals surface area contributed by atoms with E-state index < -0.39 is 0 Å². The van der Waals surface area contributed by atoms with Crippen molar-refractivity contribution in [2.45, 2.75) is 58.1 Å². The Kier molecular flexibility index (Phi) is 7.25. The minimum Gasteiger partial charge on any atom is -0.176 e. The van der Waals surface area contributed by atoms with Crippen LogP contribution in [0.4, 0.5) is 0 Å². The predicted octanol–water partition coefficient (Wildman–Crippen LogP) is 3.91. The summed E-state index contributed by atoms with van der Waals surface area (Å²) < 4.78 is 0. The minimum atomic E-state index is 0.592. The predicted molar refractivity (Wildman–Crippen MR) is 56.4 cm³/mol. The Hall–Kier alpha value is 0.350. The van der Waals surface area contributed by atoms with E-state index in [2.05, 4.69) is 33.4 Å². The lowest BCUT2D eigenvalue weighted by Gasteiger charge is -2.05. The zero-order valence-electron chi connectivity index (χ0n) is 8.14. The Bertz CT molecular complexity index is 66.9. The first-order valence-electron chi connectivity index (χ1n) is 4.81. The van der Waals surface area contributed by atoms with Gasteiger partial charge < -0.3 is 0 Å². The molecule has 0 aliphatic rings. The summed E-state index contributed by atoms with van der Waals surface area (Å²) in [5, 5.41) is 0.592. The Morgan fingerprint density at radius 2 is 1.45 bits per heavy atom. The Balaban J connectivity index is 2.91. The van der Waals surface area contributed by atoms with Crippen molar-refractivity contribution in [2.24, 2.45) is 5.92 Å². The lowest BCUT2D eigenvalue weighted by Crippen LogP contribution is -1.91. The summed E-state index contributed by atoms with van der Waals surface area (Å²) in [5.74, 6) is 0.878. The molecule has 0 rings (SSSR count). The van der Waals surface area contributed by atoms with Crippen LogP contribution in [-0.4, -0.2) is 5.25 Å². The summed E-state index contributed by atoms with van der Waals surface area (Å²) in [7, 11) is 0. The molecule has 11 heavy (non-hydrogen) atoms. The van der Waals surface area contributed by atoms with Crippen LogP contribution >= 0.6 is 12.6 Å². The van der Waals surface area contributed by atoms with Crippen molar-refractivity contribution in [3.63, 3.8) is 0 Å². The second-order valence-electron chi connectivity index (χ2n) is 3.88. The van der Waals surface area contributed by atoms with Crippen LogP contribution in [0.1, 0.15) is 52.9 Å². The summed E-state index contributed by atoms with van der Waals surface area (Å²) in [6.07, 6.45) is 6.82. The third-order valence-corrected chi connectivity index (χ3v) is 2.16. The molecule has 0 fully saturated rings. The highest BCUT2D eigenvalue weighted by Crippen LogP contribution is 2.12. The first-order chi connectivity index (χ1) is 5.13. The molecule has 0 aromatic carbocycles. The Morgan fingerprint density at radius 1 is 0.909 bits per heavy atom. The van der Waals surface area contributed by atoms with Gasteiger partial charge in [0.1, 0.15) is 0 Å². The first-order valence-corrected chi connectivity index (χ1v) is 5.32. The van der Waals surface area contributed by atoms with Gasteiger partial charge in [-0.15, -0.1) is 0 Å². The number of rotatable bonds is 6. The highest BCUT2D eigenvalue weighted by atomic mass is 32.1. The van der Waals surface area contributed by atoms with Gasteiger partial charge in [0.25, 0.3) is 0 Å². The van der Waals surface area contributed by atoms with Gasteiger partial charge >= 0.3 is 0 Å². The van der Waals surface area contributed by atoms with E-state index >= 15 is 0 Å². The molecular formula is C10H22S. The minimum absolute atomic E-state index is 0.592. The van der Waals surface area contributed by atoms with Crippen molar-refractivity contribution in [3.05, 3.63) is 0 Å². The van der Waals surface area contributed by atoms with Crippen LogP contribution in [0.3, 0.4) is 0 Å². The molecule has 0 aromatic heterocycles. The molecule has 0 heterocycles. The molecule has 0 aromatic rings. The fourth-order valence-corrected chi connectivity index (χ4v) is 1.35. The van der Waals surface area contributed by atoms with E-state index in [9.17, 15) is 0 Å². The fraction of sp³-hybridized carbons (Fsp3) is 1.00. The standard InChI is InChI=1S/C10H22S/c1-9(2)7-5-4-6-8-10(3)11/h9-11H,4-8H2,1-3H3. The van der Waals surface area contributed by atoms with Crippen LogP contribution in [-0.2, 0) is 0 Å². The van der Waals surface area contributed by atoms with Gasteiger partial charge in [0.05, 0.1) is 0 Å². The van der Waals surface area contributed by atoms with Gasteiger partial charge in [-0.25, -0.2) is 0 Å². The highest BCUT2D eigenvalue weighted by molar-refractivity contribution is 7.80. The zero-order chi connectivity index (χ0) is 8.69. The van der Waals surface area contributed by atoms with E-state index in [1.165, 1.54) is 32.1 Å². The number of hydrogen-bond acceptors (Lipinski definition) is 1. The van der Waals surface area contributed by atoms with Crippen LogP contribution in [0.5, 0.6) is 0 Å². The molecule has 0 nitrogen and oxygen atoms in total. The van der Waals surface area contributed by atoms with Gasteiger partial charge in [-0.05, 0) is 17.6 Å². The average Bonchev–Trinajstić information content (AvgIpc) is 1.85. The van der Waals surface area contributed by atoms with E-state index in [1.807, 2.05) is 0 Å². The number of hydrogen-bond donors (Lipinski definition) is 1. The molecule has 0 saturated carbocycles. The molecule has 0 N–H and O–H groups in total. The van der Waals surface area contributed by atoms with Gasteiger partial charge in [-0.2, -0.15) is 12.6 Å². The van der Waals surface area contributed by atoms with E-state index in [4.69, 9.17) is 0 Å². The Morgan fingerprint density at radius 3 is 1.91 bits per heavy atom. The van der Waals surface area contributed by atoms with Crippen LogP contribution in [0.25, 0.3) is 0 Å². The van der Waals surface area contributed by atoms with E-state index in [1.54, 1.807) is 0 Å². The molecule has 0 amide bonds. The van der Waals surface area contributed by atoms with Crippen molar-refractivity contribution in [3.8, 4) is 0 Å². The van der Waals surface area contributed by atoms with Crippen molar-refractivity contribution in [1.29, 1.82) is 0 Å². The smallest absolute Gasteiger partial charge is 0.00116 e. The maximum Gasteiger partial charge on any atom is -0.00116 e. The van der Waals surface area contributed by atoms with Gasteiger partial charge in [0.15, 0.2) is 0 Å². The summed E-state index contributed by atoms with van der Waals surface area (Å²) in [5.41, 5.74) is 0. The molecule has 0 aliphatic carbocycles. The van der Waals surface area contributed by atoms with Crippen LogP contribution < -0.4 is 0 Å². The third kappa shape index (κ3) is 10.4. The second-order valence-corrected chi connectivity index (χ2v) is 4.76.